The number of pyridine rings is 1. The minimum atomic E-state index is -4.15. The van der Waals surface area contributed by atoms with Crippen molar-refractivity contribution in [2.24, 2.45) is 5.41 Å². The Kier molecular flexibility index (Phi) is 3.76. The predicted octanol–water partition coefficient (Wildman–Crippen LogP) is 4.03. The molecule has 22 heavy (non-hydrogen) atoms. The number of ether oxygens (including phenoxy) is 1. The molecule has 1 aliphatic carbocycles. The molecule has 1 fully saturated rings. The van der Waals surface area contributed by atoms with E-state index < -0.39 is 11.6 Å². The highest BCUT2D eigenvalue weighted by Gasteiger charge is 2.62. The van der Waals surface area contributed by atoms with Gasteiger partial charge in [0.25, 0.3) is 0 Å². The van der Waals surface area contributed by atoms with E-state index in [0.29, 0.717) is 11.0 Å². The molecule has 1 saturated carbocycles. The summed E-state index contributed by atoms with van der Waals surface area (Å²) in [5.41, 5.74) is -1.55. The molecule has 2 aromatic heterocycles. The topological polar surface area (TPSA) is 39.9 Å². The lowest BCUT2D eigenvalue weighted by molar-refractivity contribution is -0.190. The van der Waals surface area contributed by atoms with Crippen LogP contribution in [-0.4, -0.2) is 27.5 Å². The van der Waals surface area contributed by atoms with E-state index in [1.807, 2.05) is 0 Å². The molecule has 3 rings (SSSR count). The lowest BCUT2D eigenvalue weighted by atomic mass is 10.0. The summed E-state index contributed by atoms with van der Waals surface area (Å²) in [6, 6.07) is 6.66. The van der Waals surface area contributed by atoms with Crippen molar-refractivity contribution in [3.05, 3.63) is 35.6 Å². The SMILES string of the molecule is FC(F)(F)C1(CCOc2ccn(-c3cccc(Cl)n3)n2)CC1. The van der Waals surface area contributed by atoms with Crippen LogP contribution in [0, 0.1) is 5.41 Å². The lowest BCUT2D eigenvalue weighted by Gasteiger charge is -2.18. The number of rotatable bonds is 5. The third kappa shape index (κ3) is 3.04. The highest BCUT2D eigenvalue weighted by atomic mass is 35.5. The van der Waals surface area contributed by atoms with Crippen LogP contribution in [0.2, 0.25) is 5.15 Å². The Morgan fingerprint density at radius 2 is 2.05 bits per heavy atom. The molecular weight excluding hydrogens is 319 g/mol. The first-order chi connectivity index (χ1) is 10.4. The third-order valence-corrected chi connectivity index (χ3v) is 4.00. The van der Waals surface area contributed by atoms with E-state index in [0.717, 1.165) is 0 Å². The lowest BCUT2D eigenvalue weighted by Crippen LogP contribution is -2.26. The average molecular weight is 332 g/mol. The van der Waals surface area contributed by atoms with Crippen LogP contribution in [0.3, 0.4) is 0 Å². The van der Waals surface area contributed by atoms with E-state index in [1.165, 1.54) is 4.68 Å². The highest BCUT2D eigenvalue weighted by Crippen LogP contribution is 2.59. The largest absolute Gasteiger partial charge is 0.477 e. The molecule has 0 bridgehead atoms. The van der Waals surface area contributed by atoms with E-state index >= 15 is 0 Å². The number of hydrogen-bond donors (Lipinski definition) is 0. The average Bonchev–Trinajstić information content (AvgIpc) is 3.10. The summed E-state index contributed by atoms with van der Waals surface area (Å²) in [4.78, 5) is 4.08. The maximum Gasteiger partial charge on any atom is 0.394 e. The van der Waals surface area contributed by atoms with E-state index in [4.69, 9.17) is 16.3 Å². The van der Waals surface area contributed by atoms with Crippen molar-refractivity contribution in [3.63, 3.8) is 0 Å². The maximum absolute atomic E-state index is 12.8. The quantitative estimate of drug-likeness (QED) is 0.776. The third-order valence-electron chi connectivity index (χ3n) is 3.79. The second-order valence-electron chi connectivity index (χ2n) is 5.29. The molecular formula is C14H13ClF3N3O. The Morgan fingerprint density at radius 3 is 2.68 bits per heavy atom. The van der Waals surface area contributed by atoms with E-state index in [9.17, 15) is 13.2 Å². The fourth-order valence-corrected chi connectivity index (χ4v) is 2.37. The molecule has 0 aromatic carbocycles. The molecule has 0 spiro atoms. The number of nitrogens with zero attached hydrogens (tertiary/aromatic N) is 3. The van der Waals surface area contributed by atoms with Gasteiger partial charge in [-0.3, -0.25) is 0 Å². The van der Waals surface area contributed by atoms with Crippen molar-refractivity contribution in [1.82, 2.24) is 14.8 Å². The van der Waals surface area contributed by atoms with Gasteiger partial charge in [0.2, 0.25) is 5.88 Å². The van der Waals surface area contributed by atoms with Gasteiger partial charge in [0.1, 0.15) is 5.15 Å². The molecule has 118 valence electrons. The molecule has 0 atom stereocenters. The molecule has 2 aromatic rings. The first kappa shape index (κ1) is 15.1. The molecule has 0 radical (unpaired) electrons. The molecule has 8 heteroatoms. The van der Waals surface area contributed by atoms with E-state index in [1.54, 1.807) is 30.5 Å². The summed E-state index contributed by atoms with van der Waals surface area (Å²) in [6.07, 6.45) is -2.22. The van der Waals surface area contributed by atoms with Gasteiger partial charge in [-0.25, -0.2) is 9.67 Å². The van der Waals surface area contributed by atoms with Gasteiger partial charge >= 0.3 is 6.18 Å². The van der Waals surface area contributed by atoms with Crippen LogP contribution < -0.4 is 4.74 Å². The second-order valence-corrected chi connectivity index (χ2v) is 5.68. The Labute approximate surface area is 129 Å². The monoisotopic (exact) mass is 331 g/mol. The summed E-state index contributed by atoms with van der Waals surface area (Å²) < 4.78 is 45.1. The number of hydrogen-bond acceptors (Lipinski definition) is 3. The van der Waals surface area contributed by atoms with Crippen molar-refractivity contribution in [2.75, 3.05) is 6.61 Å². The zero-order valence-electron chi connectivity index (χ0n) is 11.5. The number of aromatic nitrogens is 3. The van der Waals surface area contributed by atoms with Crippen LogP contribution in [-0.2, 0) is 0 Å². The van der Waals surface area contributed by atoms with Gasteiger partial charge in [0.05, 0.1) is 12.0 Å². The van der Waals surface area contributed by atoms with Crippen LogP contribution in [0.5, 0.6) is 5.88 Å². The molecule has 1 aliphatic rings. The minimum absolute atomic E-state index is 0.0144. The summed E-state index contributed by atoms with van der Waals surface area (Å²) >= 11 is 5.79. The number of alkyl halides is 3. The van der Waals surface area contributed by atoms with Gasteiger partial charge in [-0.1, -0.05) is 17.7 Å². The maximum atomic E-state index is 12.8. The smallest absolute Gasteiger partial charge is 0.394 e. The fourth-order valence-electron chi connectivity index (χ4n) is 2.21. The van der Waals surface area contributed by atoms with Crippen LogP contribution in [0.4, 0.5) is 13.2 Å². The van der Waals surface area contributed by atoms with Crippen LogP contribution >= 0.6 is 11.6 Å². The normalized spacial score (nSPS) is 16.5. The summed E-state index contributed by atoms with van der Waals surface area (Å²) in [5, 5.41) is 4.45. The van der Waals surface area contributed by atoms with Crippen molar-refractivity contribution in [3.8, 4) is 11.7 Å². The van der Waals surface area contributed by atoms with Gasteiger partial charge in [-0.2, -0.15) is 13.2 Å². The first-order valence-electron chi connectivity index (χ1n) is 6.78. The van der Waals surface area contributed by atoms with E-state index in [-0.39, 0.29) is 31.7 Å². The van der Waals surface area contributed by atoms with Crippen LogP contribution in [0.1, 0.15) is 19.3 Å². The number of halogens is 4. The predicted molar refractivity (Wildman–Crippen MR) is 74.2 cm³/mol. The zero-order chi connectivity index (χ0) is 15.8. The Morgan fingerprint density at radius 1 is 1.27 bits per heavy atom. The first-order valence-corrected chi connectivity index (χ1v) is 7.16. The standard InChI is InChI=1S/C14H13ClF3N3O/c15-10-2-1-3-11(19-10)21-8-4-12(20-21)22-9-7-13(5-6-13)14(16,17)18/h1-4,8H,5-7,9H2. The molecule has 0 aliphatic heterocycles. The van der Waals surface area contributed by atoms with Crippen molar-refractivity contribution >= 4 is 11.6 Å². The fraction of sp³-hybridized carbons (Fsp3) is 0.429. The Hall–Kier alpha value is -1.76. The molecule has 0 unspecified atom stereocenters. The van der Waals surface area contributed by atoms with Crippen molar-refractivity contribution < 1.29 is 17.9 Å². The van der Waals surface area contributed by atoms with Gasteiger partial charge in [-0.05, 0) is 31.4 Å². The molecule has 0 N–H and O–H groups in total. The van der Waals surface area contributed by atoms with Gasteiger partial charge in [0.15, 0.2) is 5.82 Å². The highest BCUT2D eigenvalue weighted by molar-refractivity contribution is 6.29. The minimum Gasteiger partial charge on any atom is -0.477 e. The second kappa shape index (κ2) is 5.46. The molecule has 2 heterocycles. The zero-order valence-corrected chi connectivity index (χ0v) is 12.2. The molecule has 0 saturated heterocycles. The van der Waals surface area contributed by atoms with Gasteiger partial charge in [0, 0.05) is 12.3 Å². The molecule has 0 amide bonds. The Bertz CT molecular complexity index is 667. The van der Waals surface area contributed by atoms with E-state index in [2.05, 4.69) is 10.1 Å². The van der Waals surface area contributed by atoms with Gasteiger partial charge < -0.3 is 4.74 Å². The summed E-state index contributed by atoms with van der Waals surface area (Å²) in [7, 11) is 0. The summed E-state index contributed by atoms with van der Waals surface area (Å²) in [6.45, 7) is -0.0144. The van der Waals surface area contributed by atoms with Crippen LogP contribution in [0.25, 0.3) is 5.82 Å². The van der Waals surface area contributed by atoms with Crippen molar-refractivity contribution in [1.29, 1.82) is 0 Å². The van der Waals surface area contributed by atoms with Gasteiger partial charge in [-0.15, -0.1) is 5.10 Å². The van der Waals surface area contributed by atoms with Crippen LogP contribution in [0.15, 0.2) is 30.5 Å². The van der Waals surface area contributed by atoms with Crippen molar-refractivity contribution in [2.45, 2.75) is 25.4 Å². The summed E-state index contributed by atoms with van der Waals surface area (Å²) in [5.74, 6) is 0.774. The Balaban J connectivity index is 1.59. The molecule has 4 nitrogen and oxygen atoms in total.